The quantitative estimate of drug-likeness (QED) is 0.786. The van der Waals surface area contributed by atoms with E-state index in [-0.39, 0.29) is 17.9 Å². The van der Waals surface area contributed by atoms with Crippen molar-refractivity contribution >= 4 is 5.78 Å². The first-order valence-electron chi connectivity index (χ1n) is 7.17. The third-order valence-electron chi connectivity index (χ3n) is 3.72. The number of aromatic nitrogens is 1. The highest BCUT2D eigenvalue weighted by molar-refractivity contribution is 5.94. The van der Waals surface area contributed by atoms with Crippen LogP contribution in [-0.4, -0.2) is 71.5 Å². The second-order valence-electron chi connectivity index (χ2n) is 5.84. The van der Waals surface area contributed by atoms with Crippen LogP contribution in [0.4, 0.5) is 4.39 Å². The second-order valence-corrected chi connectivity index (χ2v) is 5.84. The molecular formula is C15H22FN3O2. The lowest BCUT2D eigenvalue weighted by Gasteiger charge is -2.26. The Kier molecular flexibility index (Phi) is 5.39. The van der Waals surface area contributed by atoms with E-state index in [2.05, 4.69) is 14.8 Å². The summed E-state index contributed by atoms with van der Waals surface area (Å²) in [6.07, 6.45) is 1.80. The molecule has 1 N–H and O–H groups in total. The van der Waals surface area contributed by atoms with Crippen LogP contribution in [0.15, 0.2) is 18.3 Å². The number of nitrogens with zero attached hydrogens (tertiary/aromatic N) is 3. The van der Waals surface area contributed by atoms with Gasteiger partial charge in [0.05, 0.1) is 12.3 Å². The molecule has 0 amide bonds. The number of carbonyl (C=O) groups is 1. The molecule has 2 unspecified atom stereocenters. The fourth-order valence-corrected chi connectivity index (χ4v) is 2.76. The van der Waals surface area contributed by atoms with E-state index in [9.17, 15) is 14.3 Å². The van der Waals surface area contributed by atoms with E-state index in [4.69, 9.17) is 0 Å². The number of aliphatic hydroxyl groups excluding tert-OH is 1. The maximum absolute atomic E-state index is 12.8. The molecule has 6 heteroatoms. The van der Waals surface area contributed by atoms with Crippen LogP contribution >= 0.6 is 0 Å². The first-order chi connectivity index (χ1) is 9.95. The van der Waals surface area contributed by atoms with Crippen LogP contribution in [0.1, 0.15) is 23.3 Å². The van der Waals surface area contributed by atoms with Crippen LogP contribution in [0.25, 0.3) is 0 Å². The van der Waals surface area contributed by atoms with Gasteiger partial charge in [0, 0.05) is 32.1 Å². The average Bonchev–Trinajstić information content (AvgIpc) is 2.76. The SMILES string of the molecule is CN(C)CC1CC(O)CN1CCC(=O)c1ccc(F)cn1. The van der Waals surface area contributed by atoms with E-state index in [0.29, 0.717) is 25.2 Å². The maximum Gasteiger partial charge on any atom is 0.182 e. The summed E-state index contributed by atoms with van der Waals surface area (Å²) in [5.41, 5.74) is 0.292. The minimum Gasteiger partial charge on any atom is -0.392 e. The highest BCUT2D eigenvalue weighted by atomic mass is 19.1. The molecule has 0 radical (unpaired) electrons. The zero-order valence-electron chi connectivity index (χ0n) is 12.5. The predicted molar refractivity (Wildman–Crippen MR) is 77.7 cm³/mol. The second kappa shape index (κ2) is 7.06. The van der Waals surface area contributed by atoms with Crippen molar-refractivity contribution in [3.63, 3.8) is 0 Å². The Bertz CT molecular complexity index is 478. The summed E-state index contributed by atoms with van der Waals surface area (Å²) in [5.74, 6) is -0.541. The Morgan fingerprint density at radius 1 is 1.52 bits per heavy atom. The van der Waals surface area contributed by atoms with Gasteiger partial charge in [-0.2, -0.15) is 0 Å². The number of hydrogen-bond acceptors (Lipinski definition) is 5. The largest absolute Gasteiger partial charge is 0.392 e. The monoisotopic (exact) mass is 295 g/mol. The van der Waals surface area contributed by atoms with Crippen molar-refractivity contribution in [1.29, 1.82) is 0 Å². The predicted octanol–water partition coefficient (Wildman–Crippen LogP) is 0.790. The lowest BCUT2D eigenvalue weighted by Crippen LogP contribution is -2.38. The number of likely N-dealkylation sites (N-methyl/N-ethyl adjacent to an activating group) is 1. The van der Waals surface area contributed by atoms with Crippen molar-refractivity contribution in [3.05, 3.63) is 29.8 Å². The molecule has 1 aliphatic heterocycles. The Morgan fingerprint density at radius 2 is 2.29 bits per heavy atom. The van der Waals surface area contributed by atoms with Gasteiger partial charge in [-0.1, -0.05) is 0 Å². The fourth-order valence-electron chi connectivity index (χ4n) is 2.76. The first-order valence-corrected chi connectivity index (χ1v) is 7.17. The zero-order chi connectivity index (χ0) is 15.4. The molecule has 1 aromatic rings. The summed E-state index contributed by atoms with van der Waals surface area (Å²) < 4.78 is 12.8. The summed E-state index contributed by atoms with van der Waals surface area (Å²) in [4.78, 5) is 20.1. The molecule has 0 aromatic carbocycles. The molecular weight excluding hydrogens is 273 g/mol. The van der Waals surface area contributed by atoms with E-state index in [1.165, 1.54) is 12.1 Å². The Balaban J connectivity index is 1.89. The Labute approximate surface area is 124 Å². The first kappa shape index (κ1) is 16.0. The van der Waals surface area contributed by atoms with E-state index < -0.39 is 5.82 Å². The summed E-state index contributed by atoms with van der Waals surface area (Å²) in [5, 5.41) is 9.80. The van der Waals surface area contributed by atoms with Gasteiger partial charge in [-0.25, -0.2) is 4.39 Å². The average molecular weight is 295 g/mol. The maximum atomic E-state index is 12.8. The van der Waals surface area contributed by atoms with E-state index in [1.54, 1.807) is 0 Å². The number of likely N-dealkylation sites (tertiary alicyclic amines) is 1. The fraction of sp³-hybridized carbons (Fsp3) is 0.600. The number of rotatable bonds is 6. The number of Topliss-reactive ketones (excluding diaryl/α,β-unsaturated/α-hetero) is 1. The molecule has 116 valence electrons. The molecule has 0 spiro atoms. The van der Waals surface area contributed by atoms with Crippen molar-refractivity contribution in [2.24, 2.45) is 0 Å². The number of halogens is 1. The summed E-state index contributed by atoms with van der Waals surface area (Å²) in [6, 6.07) is 2.92. The molecule has 21 heavy (non-hydrogen) atoms. The van der Waals surface area contributed by atoms with Gasteiger partial charge in [0.25, 0.3) is 0 Å². The van der Waals surface area contributed by atoms with Crippen molar-refractivity contribution in [2.75, 3.05) is 33.7 Å². The molecule has 1 aliphatic rings. The van der Waals surface area contributed by atoms with E-state index in [0.717, 1.165) is 19.2 Å². The Hall–Kier alpha value is -1.37. The number of hydrogen-bond donors (Lipinski definition) is 1. The number of carbonyl (C=O) groups excluding carboxylic acids is 1. The topological polar surface area (TPSA) is 56.7 Å². The van der Waals surface area contributed by atoms with E-state index in [1.807, 2.05) is 14.1 Å². The summed E-state index contributed by atoms with van der Waals surface area (Å²) in [6.45, 7) is 2.05. The third kappa shape index (κ3) is 4.56. The van der Waals surface area contributed by atoms with Gasteiger partial charge in [0.2, 0.25) is 0 Å². The minimum atomic E-state index is -0.444. The smallest absolute Gasteiger partial charge is 0.182 e. The normalized spacial score (nSPS) is 22.9. The zero-order valence-corrected chi connectivity index (χ0v) is 12.5. The van der Waals surface area contributed by atoms with Crippen molar-refractivity contribution in [2.45, 2.75) is 25.0 Å². The third-order valence-corrected chi connectivity index (χ3v) is 3.72. The van der Waals surface area contributed by atoms with Crippen molar-refractivity contribution < 1.29 is 14.3 Å². The Morgan fingerprint density at radius 3 is 2.90 bits per heavy atom. The van der Waals surface area contributed by atoms with Crippen molar-refractivity contribution in [1.82, 2.24) is 14.8 Å². The van der Waals surface area contributed by atoms with Crippen LogP contribution in [0.5, 0.6) is 0 Å². The number of β-amino-alcohol motifs (C(OH)–C–C–N with tert-alkyl or cyclic N) is 1. The van der Waals surface area contributed by atoms with Crippen LogP contribution in [0.3, 0.4) is 0 Å². The lowest BCUT2D eigenvalue weighted by atomic mass is 10.1. The van der Waals surface area contributed by atoms with Gasteiger partial charge in [0.15, 0.2) is 5.78 Å². The summed E-state index contributed by atoms with van der Waals surface area (Å²) >= 11 is 0. The standard InChI is InChI=1S/C15H22FN3O2/c1-18(2)9-12-7-13(20)10-19(12)6-5-15(21)14-4-3-11(16)8-17-14/h3-4,8,12-13,20H,5-7,9-10H2,1-2H3. The van der Waals surface area contributed by atoms with Gasteiger partial charge in [-0.3, -0.25) is 14.7 Å². The molecule has 0 aliphatic carbocycles. The molecule has 0 saturated carbocycles. The molecule has 0 bridgehead atoms. The van der Waals surface area contributed by atoms with Gasteiger partial charge >= 0.3 is 0 Å². The highest BCUT2D eigenvalue weighted by Gasteiger charge is 2.31. The molecule has 2 heterocycles. The lowest BCUT2D eigenvalue weighted by molar-refractivity contribution is 0.0947. The number of ketones is 1. The molecule has 5 nitrogen and oxygen atoms in total. The molecule has 2 atom stereocenters. The van der Waals surface area contributed by atoms with Crippen LogP contribution in [0.2, 0.25) is 0 Å². The van der Waals surface area contributed by atoms with Gasteiger partial charge in [-0.15, -0.1) is 0 Å². The van der Waals surface area contributed by atoms with Gasteiger partial charge in [-0.05, 0) is 32.6 Å². The van der Waals surface area contributed by atoms with Crippen LogP contribution < -0.4 is 0 Å². The van der Waals surface area contributed by atoms with Crippen molar-refractivity contribution in [3.8, 4) is 0 Å². The van der Waals surface area contributed by atoms with Crippen LogP contribution in [-0.2, 0) is 0 Å². The van der Waals surface area contributed by atoms with E-state index >= 15 is 0 Å². The van der Waals surface area contributed by atoms with Gasteiger partial charge < -0.3 is 10.0 Å². The molecule has 1 fully saturated rings. The number of aliphatic hydroxyl groups is 1. The van der Waals surface area contributed by atoms with Crippen LogP contribution in [0, 0.1) is 5.82 Å². The van der Waals surface area contributed by atoms with Gasteiger partial charge in [0.1, 0.15) is 11.5 Å². The molecule has 2 rings (SSSR count). The minimum absolute atomic E-state index is 0.0972. The highest BCUT2D eigenvalue weighted by Crippen LogP contribution is 2.19. The molecule has 1 aromatic heterocycles. The number of pyridine rings is 1. The molecule has 1 saturated heterocycles. The summed E-state index contributed by atoms with van der Waals surface area (Å²) in [7, 11) is 3.99.